The zero-order valence-electron chi connectivity index (χ0n) is 6.31. The summed E-state index contributed by atoms with van der Waals surface area (Å²) in [6.07, 6.45) is 1.92. The zero-order valence-corrected chi connectivity index (χ0v) is 6.31. The van der Waals surface area contributed by atoms with E-state index in [1.54, 1.807) is 6.29 Å². The molecule has 1 aromatic carbocycles. The molecule has 0 bridgehead atoms. The van der Waals surface area contributed by atoms with Gasteiger partial charge in [-0.05, 0) is 18.1 Å². The lowest BCUT2D eigenvalue weighted by Gasteiger charge is -1.99. The molecule has 0 aliphatic carbocycles. The number of hydrogen-bond donors (Lipinski definition) is 0. The highest BCUT2D eigenvalue weighted by atomic mass is 19.2. The monoisotopic (exact) mass is 169 g/mol. The molecule has 0 aliphatic heterocycles. The summed E-state index contributed by atoms with van der Waals surface area (Å²) in [5, 5.41) is 0. The second-order valence-corrected chi connectivity index (χ2v) is 2.36. The van der Waals surface area contributed by atoms with Crippen LogP contribution in [0.3, 0.4) is 0 Å². The van der Waals surface area contributed by atoms with Crippen molar-refractivity contribution >= 4 is 6.29 Å². The van der Waals surface area contributed by atoms with Crippen molar-refractivity contribution in [1.82, 2.24) is 0 Å². The van der Waals surface area contributed by atoms with Crippen LogP contribution in [0.4, 0.5) is 8.78 Å². The summed E-state index contributed by atoms with van der Waals surface area (Å²) >= 11 is 0. The van der Waals surface area contributed by atoms with Crippen LogP contribution in [-0.4, -0.2) is 6.29 Å². The van der Waals surface area contributed by atoms with E-state index in [2.05, 4.69) is 0 Å². The summed E-state index contributed by atoms with van der Waals surface area (Å²) in [6.45, 7) is 0. The van der Waals surface area contributed by atoms with Gasteiger partial charge in [-0.25, -0.2) is 8.78 Å². The van der Waals surface area contributed by atoms with Gasteiger partial charge in [-0.1, -0.05) is 12.1 Å². The highest BCUT2D eigenvalue weighted by Crippen LogP contribution is 2.12. The summed E-state index contributed by atoms with van der Waals surface area (Å²) in [5.74, 6) is -1.74. The highest BCUT2D eigenvalue weighted by molar-refractivity contribution is 5.51. The van der Waals surface area contributed by atoms with E-state index >= 15 is 0 Å². The summed E-state index contributed by atoms with van der Waals surface area (Å²) in [4.78, 5) is 9.83. The number of aryl methyl sites for hydroxylation is 1. The fraction of sp³-hybridized carbons (Fsp3) is 0.222. The third-order valence-electron chi connectivity index (χ3n) is 1.53. The minimum atomic E-state index is -0.876. The van der Waals surface area contributed by atoms with Crippen LogP contribution in [0.1, 0.15) is 12.0 Å². The molecule has 0 amide bonds. The van der Waals surface area contributed by atoms with E-state index in [1.165, 1.54) is 12.1 Å². The molecule has 0 N–H and O–H groups in total. The van der Waals surface area contributed by atoms with E-state index in [4.69, 9.17) is 0 Å². The standard InChI is InChI=1S/C9H7F2O/c10-8-5-1-3-7(9(8)11)4-2-6-12/h1,3,5H,2,4H2. The Morgan fingerprint density at radius 3 is 2.75 bits per heavy atom. The first-order chi connectivity index (χ1) is 5.75. The lowest BCUT2D eigenvalue weighted by atomic mass is 10.1. The molecule has 3 heteroatoms. The molecule has 0 atom stereocenters. The van der Waals surface area contributed by atoms with Gasteiger partial charge >= 0.3 is 0 Å². The van der Waals surface area contributed by atoms with Gasteiger partial charge in [-0.15, -0.1) is 0 Å². The molecule has 1 aromatic rings. The Balaban J connectivity index is 2.84. The molecule has 1 radical (unpaired) electrons. The van der Waals surface area contributed by atoms with Gasteiger partial charge in [0.2, 0.25) is 0 Å². The number of benzene rings is 1. The van der Waals surface area contributed by atoms with Gasteiger partial charge in [0.05, 0.1) is 0 Å². The molecule has 12 heavy (non-hydrogen) atoms. The minimum Gasteiger partial charge on any atom is -0.291 e. The lowest BCUT2D eigenvalue weighted by Crippen LogP contribution is -1.94. The largest absolute Gasteiger partial charge is 0.291 e. The highest BCUT2D eigenvalue weighted by Gasteiger charge is 2.06. The summed E-state index contributed by atoms with van der Waals surface area (Å²) in [5.41, 5.74) is 0.221. The molecule has 0 aromatic heterocycles. The topological polar surface area (TPSA) is 17.1 Å². The first-order valence-electron chi connectivity index (χ1n) is 3.53. The predicted molar refractivity (Wildman–Crippen MR) is 40.4 cm³/mol. The van der Waals surface area contributed by atoms with Crippen molar-refractivity contribution in [3.05, 3.63) is 35.4 Å². The van der Waals surface area contributed by atoms with Crippen molar-refractivity contribution in [2.45, 2.75) is 12.8 Å². The van der Waals surface area contributed by atoms with Crippen LogP contribution in [0.2, 0.25) is 0 Å². The fourth-order valence-corrected chi connectivity index (χ4v) is 0.927. The van der Waals surface area contributed by atoms with Crippen molar-refractivity contribution in [2.75, 3.05) is 0 Å². The zero-order chi connectivity index (χ0) is 8.97. The average molecular weight is 169 g/mol. The Hall–Kier alpha value is -1.25. The van der Waals surface area contributed by atoms with Crippen LogP contribution in [-0.2, 0) is 11.2 Å². The van der Waals surface area contributed by atoms with Gasteiger partial charge in [0.15, 0.2) is 17.9 Å². The first-order valence-corrected chi connectivity index (χ1v) is 3.53. The Kier molecular flexibility index (Phi) is 2.91. The van der Waals surface area contributed by atoms with Crippen molar-refractivity contribution < 1.29 is 13.6 Å². The van der Waals surface area contributed by atoms with Gasteiger partial charge in [0.25, 0.3) is 0 Å². The number of hydrogen-bond acceptors (Lipinski definition) is 1. The van der Waals surface area contributed by atoms with Crippen LogP contribution in [0.15, 0.2) is 18.2 Å². The molecule has 1 nitrogen and oxygen atoms in total. The molecule has 0 spiro atoms. The molecule has 63 valence electrons. The van der Waals surface area contributed by atoms with Gasteiger partial charge in [0.1, 0.15) is 0 Å². The molecule has 0 heterocycles. The third-order valence-corrected chi connectivity index (χ3v) is 1.53. The lowest BCUT2D eigenvalue weighted by molar-refractivity contribution is 0.498. The Bertz CT molecular complexity index is 284. The van der Waals surface area contributed by atoms with Crippen LogP contribution in [0, 0.1) is 11.6 Å². The van der Waals surface area contributed by atoms with Crippen LogP contribution in [0.25, 0.3) is 0 Å². The minimum absolute atomic E-state index is 0.0976. The fourth-order valence-electron chi connectivity index (χ4n) is 0.927. The van der Waals surface area contributed by atoms with E-state index < -0.39 is 11.6 Å². The Labute approximate surface area is 69.0 Å². The maximum Gasteiger partial charge on any atom is 0.198 e. The normalized spacial score (nSPS) is 9.83. The second kappa shape index (κ2) is 3.95. The quantitative estimate of drug-likeness (QED) is 0.676. The van der Waals surface area contributed by atoms with Crippen molar-refractivity contribution in [1.29, 1.82) is 0 Å². The van der Waals surface area contributed by atoms with E-state index in [0.29, 0.717) is 0 Å². The van der Waals surface area contributed by atoms with Gasteiger partial charge < -0.3 is 0 Å². The van der Waals surface area contributed by atoms with Crippen LogP contribution < -0.4 is 0 Å². The molecule has 1 rings (SSSR count). The second-order valence-electron chi connectivity index (χ2n) is 2.36. The molecular formula is C9H7F2O. The third kappa shape index (κ3) is 1.87. The summed E-state index contributed by atoms with van der Waals surface area (Å²) < 4.78 is 25.4. The molecule has 0 saturated carbocycles. The smallest absolute Gasteiger partial charge is 0.198 e. The molecular weight excluding hydrogens is 162 g/mol. The van der Waals surface area contributed by atoms with E-state index in [0.717, 1.165) is 6.07 Å². The van der Waals surface area contributed by atoms with Gasteiger partial charge in [0, 0.05) is 6.42 Å². The van der Waals surface area contributed by atoms with Crippen molar-refractivity contribution in [3.8, 4) is 0 Å². The van der Waals surface area contributed by atoms with E-state index in [9.17, 15) is 13.6 Å². The van der Waals surface area contributed by atoms with Crippen LogP contribution >= 0.6 is 0 Å². The van der Waals surface area contributed by atoms with Crippen molar-refractivity contribution in [2.24, 2.45) is 0 Å². The van der Waals surface area contributed by atoms with Gasteiger partial charge in [-0.3, -0.25) is 4.79 Å². The maximum atomic E-state index is 12.8. The Morgan fingerprint density at radius 1 is 1.33 bits per heavy atom. The SMILES string of the molecule is O=[C]CCc1cccc(F)c1F. The Morgan fingerprint density at radius 2 is 2.08 bits per heavy atom. The maximum absolute atomic E-state index is 12.8. The molecule has 0 saturated heterocycles. The summed E-state index contributed by atoms with van der Waals surface area (Å²) in [6, 6.07) is 3.91. The summed E-state index contributed by atoms with van der Waals surface area (Å²) in [7, 11) is 0. The van der Waals surface area contributed by atoms with Crippen LogP contribution in [0.5, 0.6) is 0 Å². The van der Waals surface area contributed by atoms with Gasteiger partial charge in [-0.2, -0.15) is 0 Å². The van der Waals surface area contributed by atoms with E-state index in [1.807, 2.05) is 0 Å². The average Bonchev–Trinajstić information content (AvgIpc) is 2.08. The molecule has 0 unspecified atom stereocenters. The number of halogens is 2. The molecule has 0 fully saturated rings. The first kappa shape index (κ1) is 8.84. The predicted octanol–water partition coefficient (Wildman–Crippen LogP) is 2.01. The molecule has 0 aliphatic rings. The van der Waals surface area contributed by atoms with Crippen molar-refractivity contribution in [3.63, 3.8) is 0 Å². The number of carbonyl (C=O) groups excluding carboxylic acids is 1. The van der Waals surface area contributed by atoms with E-state index in [-0.39, 0.29) is 18.4 Å². The number of rotatable bonds is 3.